The zero-order valence-electron chi connectivity index (χ0n) is 28.1. The predicted octanol–water partition coefficient (Wildman–Crippen LogP) is 5.71. The number of likely N-dealkylation sites (N-methyl/N-ethyl adjacent to an activating group) is 2. The van der Waals surface area contributed by atoms with Crippen LogP contribution in [0.3, 0.4) is 0 Å². The van der Waals surface area contributed by atoms with Crippen LogP contribution >= 0.6 is 0 Å². The molecule has 4 aromatic rings. The molecule has 13 heteroatoms. The number of carbonyl (C=O) groups excluding carboxylic acids is 5. The number of carbonyl (C=O) groups is 5. The molecule has 0 spiro atoms. The second kappa shape index (κ2) is 16.6. The van der Waals surface area contributed by atoms with Crippen molar-refractivity contribution in [3.05, 3.63) is 125 Å². The molecule has 0 saturated heterocycles. The van der Waals surface area contributed by atoms with Gasteiger partial charge in [-0.15, -0.1) is 0 Å². The lowest BCUT2D eigenvalue weighted by atomic mass is 9.79. The fourth-order valence-electron chi connectivity index (χ4n) is 5.38. The maximum Gasteiger partial charge on any atom is 0.416 e. The van der Waals surface area contributed by atoms with Crippen LogP contribution in [0.2, 0.25) is 0 Å². The van der Waals surface area contributed by atoms with Crippen LogP contribution < -0.4 is 16.0 Å². The number of halogens is 3. The van der Waals surface area contributed by atoms with Gasteiger partial charge < -0.3 is 25.4 Å². The molecule has 10 nitrogen and oxygen atoms in total. The standard InChI is InChI=1S/C38H36F3N3O7/c1-4-42-35(48)37(36(49)43-5-2,26-11-7-6-8-12-26)23-51-32(45)22-24-15-20-31(30(21-24)34(47)50-3)44-33(46)29-14-10-9-13-28(29)25-16-18-27(19-17-25)38(39,40)41/h6-21H,4-5,22-23H2,1-3H3,(H,42,48)(H,43,49)(H,44,46). The first kappa shape index (κ1) is 37.8. The molecule has 0 atom stereocenters. The average molecular weight is 704 g/mol. The zero-order valence-corrected chi connectivity index (χ0v) is 28.1. The van der Waals surface area contributed by atoms with E-state index in [1.165, 1.54) is 36.4 Å². The van der Waals surface area contributed by atoms with Crippen LogP contribution in [0, 0.1) is 0 Å². The zero-order chi connectivity index (χ0) is 37.2. The number of methoxy groups -OCH3 is 1. The molecular formula is C38H36F3N3O7. The number of anilines is 1. The van der Waals surface area contributed by atoms with E-state index < -0.39 is 53.4 Å². The minimum absolute atomic E-state index is 0.0433. The Kier molecular flexibility index (Phi) is 12.3. The maximum absolute atomic E-state index is 13.5. The number of alkyl halides is 3. The number of nitrogens with one attached hydrogen (secondary N) is 3. The Hall–Kier alpha value is -5.98. The van der Waals surface area contributed by atoms with E-state index in [9.17, 15) is 37.1 Å². The van der Waals surface area contributed by atoms with E-state index in [-0.39, 0.29) is 36.3 Å². The molecule has 4 rings (SSSR count). The van der Waals surface area contributed by atoms with Gasteiger partial charge in [0.2, 0.25) is 11.8 Å². The van der Waals surface area contributed by atoms with Crippen LogP contribution in [0.1, 0.15) is 51.3 Å². The number of benzene rings is 4. The van der Waals surface area contributed by atoms with E-state index in [1.54, 1.807) is 62.4 Å². The molecule has 0 fully saturated rings. The van der Waals surface area contributed by atoms with Crippen molar-refractivity contribution >= 4 is 35.3 Å². The van der Waals surface area contributed by atoms with Crippen LogP contribution in [0.4, 0.5) is 18.9 Å². The number of hydrogen-bond donors (Lipinski definition) is 3. The fourth-order valence-corrected chi connectivity index (χ4v) is 5.38. The van der Waals surface area contributed by atoms with Crippen molar-refractivity contribution in [3.63, 3.8) is 0 Å². The van der Waals surface area contributed by atoms with Gasteiger partial charge in [0.15, 0.2) is 5.41 Å². The quantitative estimate of drug-likeness (QED) is 0.120. The molecule has 0 saturated carbocycles. The van der Waals surface area contributed by atoms with Gasteiger partial charge in [0, 0.05) is 18.7 Å². The number of rotatable bonds is 13. The summed E-state index contributed by atoms with van der Waals surface area (Å²) in [6.07, 6.45) is -4.89. The fraction of sp³-hybridized carbons (Fsp3) is 0.237. The molecule has 0 aliphatic heterocycles. The van der Waals surface area contributed by atoms with Gasteiger partial charge in [-0.3, -0.25) is 19.2 Å². The first-order valence-electron chi connectivity index (χ1n) is 15.9. The van der Waals surface area contributed by atoms with Crippen LogP contribution in [0.5, 0.6) is 0 Å². The van der Waals surface area contributed by atoms with Crippen LogP contribution in [-0.4, -0.2) is 56.5 Å². The Morgan fingerprint density at radius 2 is 1.31 bits per heavy atom. The van der Waals surface area contributed by atoms with Gasteiger partial charge in [0.1, 0.15) is 6.61 Å². The van der Waals surface area contributed by atoms with Crippen LogP contribution in [0.15, 0.2) is 97.1 Å². The molecule has 0 aliphatic rings. The van der Waals surface area contributed by atoms with E-state index in [4.69, 9.17) is 9.47 Å². The molecule has 3 amide bonds. The molecule has 0 heterocycles. The topological polar surface area (TPSA) is 140 Å². The van der Waals surface area contributed by atoms with Gasteiger partial charge in [0.05, 0.1) is 30.3 Å². The lowest BCUT2D eigenvalue weighted by Crippen LogP contribution is -2.57. The summed E-state index contributed by atoms with van der Waals surface area (Å²) in [6.45, 7) is 3.23. The third-order valence-corrected chi connectivity index (χ3v) is 7.95. The minimum Gasteiger partial charge on any atom is -0.465 e. The second-order valence-corrected chi connectivity index (χ2v) is 11.3. The van der Waals surface area contributed by atoms with Crippen molar-refractivity contribution < 1.29 is 46.6 Å². The third-order valence-electron chi connectivity index (χ3n) is 7.95. The van der Waals surface area contributed by atoms with Crippen molar-refractivity contribution in [2.24, 2.45) is 0 Å². The molecule has 0 aromatic heterocycles. The predicted molar refractivity (Wildman–Crippen MR) is 183 cm³/mol. The van der Waals surface area contributed by atoms with Gasteiger partial charge in [0.25, 0.3) is 5.91 Å². The summed E-state index contributed by atoms with van der Waals surface area (Å²) in [5, 5.41) is 7.98. The van der Waals surface area contributed by atoms with Crippen molar-refractivity contribution in [1.29, 1.82) is 0 Å². The Balaban J connectivity index is 1.57. The summed E-state index contributed by atoms with van der Waals surface area (Å²) in [5.41, 5.74) is -1.30. The monoisotopic (exact) mass is 703 g/mol. The summed E-state index contributed by atoms with van der Waals surface area (Å²) in [4.78, 5) is 66.2. The molecule has 51 heavy (non-hydrogen) atoms. The molecule has 0 unspecified atom stereocenters. The Labute approximate surface area is 292 Å². The lowest BCUT2D eigenvalue weighted by molar-refractivity contribution is -0.150. The molecule has 0 radical (unpaired) electrons. The maximum atomic E-state index is 13.5. The third kappa shape index (κ3) is 8.79. The van der Waals surface area contributed by atoms with Gasteiger partial charge in [-0.25, -0.2) is 4.79 Å². The molecule has 4 aromatic carbocycles. The smallest absolute Gasteiger partial charge is 0.416 e. The van der Waals surface area contributed by atoms with Crippen molar-refractivity contribution in [1.82, 2.24) is 10.6 Å². The minimum atomic E-state index is -4.52. The highest BCUT2D eigenvalue weighted by atomic mass is 19.4. The summed E-state index contributed by atoms with van der Waals surface area (Å²) >= 11 is 0. The van der Waals surface area contributed by atoms with E-state index >= 15 is 0 Å². The van der Waals surface area contributed by atoms with E-state index in [0.717, 1.165) is 19.2 Å². The van der Waals surface area contributed by atoms with Gasteiger partial charge in [-0.2, -0.15) is 13.2 Å². The molecule has 266 valence electrons. The summed E-state index contributed by atoms with van der Waals surface area (Å²) in [6, 6.07) is 23.1. The Morgan fingerprint density at radius 1 is 0.706 bits per heavy atom. The molecular weight excluding hydrogens is 667 g/mol. The van der Waals surface area contributed by atoms with Crippen molar-refractivity contribution in [2.75, 3.05) is 32.1 Å². The van der Waals surface area contributed by atoms with Gasteiger partial charge in [-0.1, -0.05) is 66.7 Å². The lowest BCUT2D eigenvalue weighted by Gasteiger charge is -2.31. The first-order valence-corrected chi connectivity index (χ1v) is 15.9. The second-order valence-electron chi connectivity index (χ2n) is 11.3. The average Bonchev–Trinajstić information content (AvgIpc) is 3.12. The molecule has 3 N–H and O–H groups in total. The van der Waals surface area contributed by atoms with E-state index in [0.29, 0.717) is 22.3 Å². The molecule has 0 aliphatic carbocycles. The SMILES string of the molecule is CCNC(=O)C(COC(=O)Cc1ccc(NC(=O)c2ccccc2-c2ccc(C(F)(F)F)cc2)c(C(=O)OC)c1)(C(=O)NCC)c1ccccc1. The number of amides is 3. The van der Waals surface area contributed by atoms with Crippen LogP contribution in [-0.2, 0) is 41.9 Å². The van der Waals surface area contributed by atoms with Crippen molar-refractivity contribution in [2.45, 2.75) is 31.9 Å². The normalized spacial score (nSPS) is 11.3. The number of hydrogen-bond acceptors (Lipinski definition) is 7. The van der Waals surface area contributed by atoms with Gasteiger partial charge in [-0.05, 0) is 66.4 Å². The summed E-state index contributed by atoms with van der Waals surface area (Å²) < 4.78 is 49.8. The summed E-state index contributed by atoms with van der Waals surface area (Å²) in [5.74, 6) is -3.59. The van der Waals surface area contributed by atoms with E-state index in [1.807, 2.05) is 0 Å². The highest BCUT2D eigenvalue weighted by molar-refractivity contribution is 6.12. The van der Waals surface area contributed by atoms with Crippen LogP contribution in [0.25, 0.3) is 11.1 Å². The largest absolute Gasteiger partial charge is 0.465 e. The number of esters is 2. The summed E-state index contributed by atoms with van der Waals surface area (Å²) in [7, 11) is 1.14. The van der Waals surface area contributed by atoms with Gasteiger partial charge >= 0.3 is 18.1 Å². The first-order chi connectivity index (χ1) is 24.3. The van der Waals surface area contributed by atoms with Crippen molar-refractivity contribution in [3.8, 4) is 11.1 Å². The number of ether oxygens (including phenoxy) is 2. The Morgan fingerprint density at radius 3 is 1.90 bits per heavy atom. The highest BCUT2D eigenvalue weighted by Crippen LogP contribution is 2.32. The highest BCUT2D eigenvalue weighted by Gasteiger charge is 2.48. The Bertz CT molecular complexity index is 1880. The molecule has 0 bridgehead atoms. The van der Waals surface area contributed by atoms with E-state index in [2.05, 4.69) is 16.0 Å².